The highest BCUT2D eigenvalue weighted by atomic mass is 127. The van der Waals surface area contributed by atoms with Crippen LogP contribution < -0.4 is 4.74 Å². The molecule has 0 fully saturated rings. The molecule has 0 saturated heterocycles. The lowest BCUT2D eigenvalue weighted by Gasteiger charge is -2.19. The van der Waals surface area contributed by atoms with Gasteiger partial charge in [0.05, 0.1) is 0 Å². The molecule has 2 heteroatoms. The maximum atomic E-state index is 5.83. The van der Waals surface area contributed by atoms with E-state index in [0.717, 1.165) is 17.9 Å². The number of para-hydroxylation sites is 1. The molecule has 0 saturated carbocycles. The Morgan fingerprint density at radius 3 is 2.67 bits per heavy atom. The minimum Gasteiger partial charge on any atom is -0.457 e. The summed E-state index contributed by atoms with van der Waals surface area (Å²) in [5.74, 6) is 1.99. The second kappa shape index (κ2) is 3.52. The lowest BCUT2D eigenvalue weighted by molar-refractivity contribution is 0.460. The summed E-state index contributed by atoms with van der Waals surface area (Å²) >= 11 is 2.33. The summed E-state index contributed by atoms with van der Waals surface area (Å²) in [5.41, 5.74) is 2.55. The number of benzene rings is 2. The number of hydrogen-bond donors (Lipinski definition) is 0. The Morgan fingerprint density at radius 1 is 0.933 bits per heavy atom. The Balaban J connectivity index is 2.11. The Labute approximate surface area is 102 Å². The fourth-order valence-electron chi connectivity index (χ4n) is 1.86. The van der Waals surface area contributed by atoms with Gasteiger partial charge in [-0.1, -0.05) is 18.2 Å². The SMILES string of the molecule is Ic1ccc2c(c1)Cc1ccccc1O2. The molecule has 0 atom stereocenters. The van der Waals surface area contributed by atoms with Crippen molar-refractivity contribution in [2.45, 2.75) is 6.42 Å². The van der Waals surface area contributed by atoms with Crippen molar-refractivity contribution in [3.63, 3.8) is 0 Å². The van der Waals surface area contributed by atoms with Crippen LogP contribution in [0.1, 0.15) is 11.1 Å². The first-order valence-corrected chi connectivity index (χ1v) is 5.95. The lowest BCUT2D eigenvalue weighted by atomic mass is 10.0. The third kappa shape index (κ3) is 1.63. The van der Waals surface area contributed by atoms with Crippen molar-refractivity contribution in [2.75, 3.05) is 0 Å². The van der Waals surface area contributed by atoms with E-state index in [4.69, 9.17) is 4.74 Å². The van der Waals surface area contributed by atoms with Gasteiger partial charge in [-0.2, -0.15) is 0 Å². The molecule has 0 spiro atoms. The van der Waals surface area contributed by atoms with Gasteiger partial charge in [-0.05, 0) is 52.4 Å². The van der Waals surface area contributed by atoms with Crippen LogP contribution in [-0.4, -0.2) is 0 Å². The van der Waals surface area contributed by atoms with E-state index < -0.39 is 0 Å². The van der Waals surface area contributed by atoms with E-state index in [1.165, 1.54) is 14.7 Å². The molecule has 1 aliphatic rings. The first kappa shape index (κ1) is 9.21. The second-order valence-corrected chi connectivity index (χ2v) is 4.88. The summed E-state index contributed by atoms with van der Waals surface area (Å²) in [6.07, 6.45) is 0.975. The third-order valence-corrected chi connectivity index (χ3v) is 3.27. The largest absolute Gasteiger partial charge is 0.457 e. The van der Waals surface area contributed by atoms with Gasteiger partial charge in [-0.3, -0.25) is 0 Å². The van der Waals surface area contributed by atoms with Crippen LogP contribution in [0.2, 0.25) is 0 Å². The first-order chi connectivity index (χ1) is 7.33. The number of ether oxygens (including phenoxy) is 1. The second-order valence-electron chi connectivity index (χ2n) is 3.64. The van der Waals surface area contributed by atoms with Gasteiger partial charge in [0.1, 0.15) is 11.5 Å². The number of rotatable bonds is 0. The molecule has 0 amide bonds. The van der Waals surface area contributed by atoms with E-state index in [2.05, 4.69) is 46.9 Å². The van der Waals surface area contributed by atoms with Gasteiger partial charge in [0.15, 0.2) is 0 Å². The number of fused-ring (bicyclic) bond motifs is 2. The van der Waals surface area contributed by atoms with E-state index in [9.17, 15) is 0 Å². The Kier molecular flexibility index (Phi) is 2.16. The summed E-state index contributed by atoms with van der Waals surface area (Å²) in [7, 11) is 0. The Bertz CT molecular complexity index is 520. The van der Waals surface area contributed by atoms with Crippen LogP contribution in [0.5, 0.6) is 11.5 Å². The van der Waals surface area contributed by atoms with Crippen molar-refractivity contribution >= 4 is 22.6 Å². The smallest absolute Gasteiger partial charge is 0.131 e. The molecule has 3 rings (SSSR count). The first-order valence-electron chi connectivity index (χ1n) is 4.87. The van der Waals surface area contributed by atoms with Gasteiger partial charge in [0.25, 0.3) is 0 Å². The molecular weight excluding hydrogens is 299 g/mol. The summed E-state index contributed by atoms with van der Waals surface area (Å²) in [6.45, 7) is 0. The predicted molar refractivity (Wildman–Crippen MR) is 68.5 cm³/mol. The molecule has 1 aliphatic heterocycles. The number of halogens is 1. The van der Waals surface area contributed by atoms with Crippen LogP contribution in [0, 0.1) is 3.57 Å². The third-order valence-electron chi connectivity index (χ3n) is 2.60. The van der Waals surface area contributed by atoms with Crippen LogP contribution in [0.25, 0.3) is 0 Å². The van der Waals surface area contributed by atoms with Gasteiger partial charge in [0, 0.05) is 15.6 Å². The van der Waals surface area contributed by atoms with Crippen molar-refractivity contribution in [1.82, 2.24) is 0 Å². The molecule has 0 aliphatic carbocycles. The quantitative estimate of drug-likeness (QED) is 0.571. The normalized spacial score (nSPS) is 12.6. The molecule has 74 valence electrons. The van der Waals surface area contributed by atoms with E-state index in [1.807, 2.05) is 18.2 Å². The number of hydrogen-bond acceptors (Lipinski definition) is 1. The summed E-state index contributed by atoms with van der Waals surface area (Å²) in [5, 5.41) is 0. The molecule has 1 heterocycles. The van der Waals surface area contributed by atoms with Crippen molar-refractivity contribution in [1.29, 1.82) is 0 Å². The van der Waals surface area contributed by atoms with Crippen LogP contribution in [0.4, 0.5) is 0 Å². The highest BCUT2D eigenvalue weighted by Gasteiger charge is 2.15. The molecule has 1 nitrogen and oxygen atoms in total. The molecule has 2 aromatic rings. The van der Waals surface area contributed by atoms with E-state index in [-0.39, 0.29) is 0 Å². The van der Waals surface area contributed by atoms with Crippen molar-refractivity contribution in [2.24, 2.45) is 0 Å². The van der Waals surface area contributed by atoms with Crippen LogP contribution in [0.15, 0.2) is 42.5 Å². The topological polar surface area (TPSA) is 9.23 Å². The minimum absolute atomic E-state index is 0.975. The van der Waals surface area contributed by atoms with Crippen molar-refractivity contribution in [3.8, 4) is 11.5 Å². The summed E-state index contributed by atoms with van der Waals surface area (Å²) in [6, 6.07) is 14.5. The van der Waals surface area contributed by atoms with E-state index in [0.29, 0.717) is 0 Å². The Morgan fingerprint density at radius 2 is 1.73 bits per heavy atom. The van der Waals surface area contributed by atoms with Crippen molar-refractivity contribution in [3.05, 3.63) is 57.2 Å². The monoisotopic (exact) mass is 308 g/mol. The fraction of sp³-hybridized carbons (Fsp3) is 0.0769. The zero-order chi connectivity index (χ0) is 10.3. The highest BCUT2D eigenvalue weighted by Crippen LogP contribution is 2.36. The molecule has 2 aromatic carbocycles. The molecule has 0 aromatic heterocycles. The van der Waals surface area contributed by atoms with Gasteiger partial charge < -0.3 is 4.74 Å². The lowest BCUT2D eigenvalue weighted by Crippen LogP contribution is -2.02. The van der Waals surface area contributed by atoms with Crippen LogP contribution in [0.3, 0.4) is 0 Å². The van der Waals surface area contributed by atoms with Crippen molar-refractivity contribution < 1.29 is 4.74 Å². The molecular formula is C13H9IO. The Hall–Kier alpha value is -1.03. The minimum atomic E-state index is 0.975. The molecule has 0 radical (unpaired) electrons. The fourth-order valence-corrected chi connectivity index (χ4v) is 2.41. The maximum absolute atomic E-state index is 5.83. The highest BCUT2D eigenvalue weighted by molar-refractivity contribution is 14.1. The van der Waals surface area contributed by atoms with Gasteiger partial charge in [-0.25, -0.2) is 0 Å². The predicted octanol–water partition coefficient (Wildman–Crippen LogP) is 3.99. The zero-order valence-corrected chi connectivity index (χ0v) is 10.2. The van der Waals surface area contributed by atoms with Gasteiger partial charge in [0.2, 0.25) is 0 Å². The maximum Gasteiger partial charge on any atom is 0.131 e. The summed E-state index contributed by atoms with van der Waals surface area (Å²) < 4.78 is 7.09. The zero-order valence-electron chi connectivity index (χ0n) is 8.03. The molecule has 0 unspecified atom stereocenters. The average Bonchev–Trinajstić information content (AvgIpc) is 2.26. The molecule has 0 bridgehead atoms. The standard InChI is InChI=1S/C13H9IO/c14-11-5-6-13-10(8-11)7-9-3-1-2-4-12(9)15-13/h1-6,8H,7H2. The van der Waals surface area contributed by atoms with E-state index >= 15 is 0 Å². The van der Waals surface area contributed by atoms with E-state index in [1.54, 1.807) is 0 Å². The van der Waals surface area contributed by atoms with Crippen LogP contribution in [-0.2, 0) is 6.42 Å². The molecule has 15 heavy (non-hydrogen) atoms. The van der Waals surface area contributed by atoms with Gasteiger partial charge >= 0.3 is 0 Å². The summed E-state index contributed by atoms with van der Waals surface area (Å²) in [4.78, 5) is 0. The average molecular weight is 308 g/mol. The van der Waals surface area contributed by atoms with Crippen LogP contribution >= 0.6 is 22.6 Å². The molecule has 0 N–H and O–H groups in total. The van der Waals surface area contributed by atoms with Gasteiger partial charge in [-0.15, -0.1) is 0 Å².